The van der Waals surface area contributed by atoms with Crippen LogP contribution in [0, 0.1) is 5.82 Å². The van der Waals surface area contributed by atoms with Gasteiger partial charge in [0.1, 0.15) is 5.82 Å². The number of rotatable bonds is 5. The van der Waals surface area contributed by atoms with Gasteiger partial charge in [0.15, 0.2) is 0 Å². The number of nitrogens with one attached hydrogen (secondary N) is 1. The first-order valence-electron chi connectivity index (χ1n) is 9.36. The number of aryl methyl sites for hydroxylation is 1. The van der Waals surface area contributed by atoms with Crippen LogP contribution in [0.15, 0.2) is 81.0 Å². The fourth-order valence-electron chi connectivity index (χ4n) is 3.42. The summed E-state index contributed by atoms with van der Waals surface area (Å²) >= 11 is 3.27. The molecule has 1 N–H and O–H groups in total. The average Bonchev–Trinajstić information content (AvgIpc) is 2.73. The van der Waals surface area contributed by atoms with Crippen LogP contribution < -0.4 is 9.03 Å². The minimum absolute atomic E-state index is 0.0254. The van der Waals surface area contributed by atoms with E-state index in [9.17, 15) is 21.2 Å². The first-order valence-corrected chi connectivity index (χ1v) is 13.1. The molecule has 0 saturated carbocycles. The van der Waals surface area contributed by atoms with E-state index >= 15 is 0 Å². The molecule has 4 rings (SSSR count). The minimum Gasteiger partial charge on any atom is -0.280 e. The summed E-state index contributed by atoms with van der Waals surface area (Å²) in [5.41, 5.74) is 1.46. The summed E-state index contributed by atoms with van der Waals surface area (Å²) in [4.78, 5) is 0.0619. The summed E-state index contributed by atoms with van der Waals surface area (Å²) in [6.07, 6.45) is 1.29. The maximum absolute atomic E-state index is 13.3. The largest absolute Gasteiger partial charge is 0.280 e. The zero-order valence-electron chi connectivity index (χ0n) is 16.1. The van der Waals surface area contributed by atoms with Gasteiger partial charge >= 0.3 is 0 Å². The Bertz CT molecular complexity index is 1330. The highest BCUT2D eigenvalue weighted by atomic mass is 79.9. The number of hydrogen-bond acceptors (Lipinski definition) is 4. The highest BCUT2D eigenvalue weighted by Crippen LogP contribution is 2.34. The lowest BCUT2D eigenvalue weighted by atomic mass is 10.0. The van der Waals surface area contributed by atoms with Gasteiger partial charge in [0.05, 0.1) is 21.2 Å². The van der Waals surface area contributed by atoms with Crippen molar-refractivity contribution in [3.05, 3.63) is 82.6 Å². The maximum atomic E-state index is 13.3. The van der Waals surface area contributed by atoms with Crippen LogP contribution in [0.1, 0.15) is 12.0 Å². The summed E-state index contributed by atoms with van der Waals surface area (Å²) in [5.74, 6) is -0.525. The topological polar surface area (TPSA) is 83.6 Å². The van der Waals surface area contributed by atoms with E-state index in [-0.39, 0.29) is 22.0 Å². The number of hydrogen-bond donors (Lipinski definition) is 1. The molecule has 0 bridgehead atoms. The monoisotopic (exact) mass is 524 g/mol. The number of benzene rings is 3. The van der Waals surface area contributed by atoms with Gasteiger partial charge in [-0.05, 0) is 79.1 Å². The second-order valence-corrected chi connectivity index (χ2v) is 11.5. The van der Waals surface area contributed by atoms with E-state index in [1.807, 2.05) is 0 Å². The van der Waals surface area contributed by atoms with E-state index in [1.54, 1.807) is 24.3 Å². The molecule has 6 nitrogen and oxygen atoms in total. The fraction of sp³-hybridized carbons (Fsp3) is 0.143. The minimum atomic E-state index is -3.93. The number of nitrogens with zero attached hydrogens (tertiary/aromatic N) is 1. The van der Waals surface area contributed by atoms with Gasteiger partial charge < -0.3 is 0 Å². The average molecular weight is 525 g/mol. The predicted octanol–water partition coefficient (Wildman–Crippen LogP) is 4.53. The lowest BCUT2D eigenvalue weighted by molar-refractivity contribution is 0.585. The molecular formula is C21H18BrFN2O4S2. The van der Waals surface area contributed by atoms with Gasteiger partial charge in [0.2, 0.25) is 0 Å². The van der Waals surface area contributed by atoms with Gasteiger partial charge in [-0.2, -0.15) is 0 Å². The van der Waals surface area contributed by atoms with E-state index in [2.05, 4.69) is 20.7 Å². The van der Waals surface area contributed by atoms with Crippen molar-refractivity contribution in [2.75, 3.05) is 15.6 Å². The van der Waals surface area contributed by atoms with Crippen molar-refractivity contribution in [2.45, 2.75) is 22.6 Å². The third-order valence-corrected chi connectivity index (χ3v) is 8.69. The van der Waals surface area contributed by atoms with Crippen molar-refractivity contribution < 1.29 is 21.2 Å². The standard InChI is InChI=1S/C21H18BrFN2O4S2/c22-16-4-9-19(10-5-16)30(26,27)24-18-8-3-15-2-1-13-25(21(15)14-18)31(28,29)20-11-6-17(23)7-12-20/h3-12,14,24H,1-2,13H2. The van der Waals surface area contributed by atoms with Gasteiger partial charge in [0, 0.05) is 11.0 Å². The van der Waals surface area contributed by atoms with E-state index in [0.717, 1.165) is 22.2 Å². The summed E-state index contributed by atoms with van der Waals surface area (Å²) < 4.78 is 69.5. The zero-order chi connectivity index (χ0) is 22.2. The molecule has 162 valence electrons. The van der Waals surface area contributed by atoms with E-state index in [1.165, 1.54) is 34.6 Å². The fourth-order valence-corrected chi connectivity index (χ4v) is 6.26. The second kappa shape index (κ2) is 8.25. The Kier molecular flexibility index (Phi) is 5.80. The third-order valence-electron chi connectivity index (χ3n) is 4.94. The lowest BCUT2D eigenvalue weighted by Gasteiger charge is -2.31. The molecule has 31 heavy (non-hydrogen) atoms. The lowest BCUT2D eigenvalue weighted by Crippen LogP contribution is -2.35. The molecule has 1 aliphatic heterocycles. The predicted molar refractivity (Wildman–Crippen MR) is 121 cm³/mol. The van der Waals surface area contributed by atoms with Crippen molar-refractivity contribution >= 4 is 47.4 Å². The van der Waals surface area contributed by atoms with Crippen molar-refractivity contribution in [1.29, 1.82) is 0 Å². The van der Waals surface area contributed by atoms with Crippen LogP contribution in [0.3, 0.4) is 0 Å². The van der Waals surface area contributed by atoms with Crippen molar-refractivity contribution in [3.8, 4) is 0 Å². The Hall–Kier alpha value is -2.43. The molecule has 0 atom stereocenters. The number of fused-ring (bicyclic) bond motifs is 1. The first kappa shape index (κ1) is 21.8. The molecule has 3 aromatic rings. The van der Waals surface area contributed by atoms with Crippen LogP contribution >= 0.6 is 15.9 Å². The van der Waals surface area contributed by atoms with Crippen LogP contribution in [0.2, 0.25) is 0 Å². The number of sulfonamides is 2. The highest BCUT2D eigenvalue weighted by Gasteiger charge is 2.29. The number of halogens is 2. The summed E-state index contributed by atoms with van der Waals surface area (Å²) in [5, 5.41) is 0. The maximum Gasteiger partial charge on any atom is 0.264 e. The Morgan fingerprint density at radius 2 is 1.52 bits per heavy atom. The first-order chi connectivity index (χ1) is 14.7. The normalized spacial score (nSPS) is 14.2. The van der Waals surface area contributed by atoms with Crippen molar-refractivity contribution in [1.82, 2.24) is 0 Å². The molecule has 0 unspecified atom stereocenters. The smallest absolute Gasteiger partial charge is 0.264 e. The Morgan fingerprint density at radius 1 is 0.871 bits per heavy atom. The van der Waals surface area contributed by atoms with Crippen LogP contribution in [0.25, 0.3) is 0 Å². The molecular weight excluding hydrogens is 507 g/mol. The summed E-state index contributed by atoms with van der Waals surface area (Å²) in [6, 6.07) is 15.7. The molecule has 0 spiro atoms. The van der Waals surface area contributed by atoms with Gasteiger partial charge in [-0.3, -0.25) is 9.03 Å². The molecule has 0 saturated heterocycles. The molecule has 0 radical (unpaired) electrons. The van der Waals surface area contributed by atoms with Crippen LogP contribution in [0.5, 0.6) is 0 Å². The van der Waals surface area contributed by atoms with Crippen LogP contribution in [0.4, 0.5) is 15.8 Å². The molecule has 10 heteroatoms. The quantitative estimate of drug-likeness (QED) is 0.531. The molecule has 3 aromatic carbocycles. The van der Waals surface area contributed by atoms with E-state index in [0.29, 0.717) is 18.5 Å². The highest BCUT2D eigenvalue weighted by molar-refractivity contribution is 9.10. The SMILES string of the molecule is O=S(=O)(Nc1ccc2c(c1)N(S(=O)(=O)c1ccc(F)cc1)CCC2)c1ccc(Br)cc1. The molecule has 0 amide bonds. The summed E-state index contributed by atoms with van der Waals surface area (Å²) in [7, 11) is -7.77. The van der Waals surface area contributed by atoms with Gasteiger partial charge in [-0.25, -0.2) is 21.2 Å². The van der Waals surface area contributed by atoms with Crippen molar-refractivity contribution in [3.63, 3.8) is 0 Å². The molecule has 0 aliphatic carbocycles. The van der Waals surface area contributed by atoms with Crippen molar-refractivity contribution in [2.24, 2.45) is 0 Å². The molecule has 0 fully saturated rings. The Labute approximate surface area is 188 Å². The molecule has 1 heterocycles. The van der Waals surface area contributed by atoms with Gasteiger partial charge in [0.25, 0.3) is 20.0 Å². The molecule has 0 aromatic heterocycles. The van der Waals surface area contributed by atoms with Crippen LogP contribution in [-0.2, 0) is 26.5 Å². The Balaban J connectivity index is 1.69. The van der Waals surface area contributed by atoms with Gasteiger partial charge in [-0.1, -0.05) is 22.0 Å². The third kappa shape index (κ3) is 4.46. The second-order valence-electron chi connectivity index (χ2n) is 7.04. The van der Waals surface area contributed by atoms with E-state index < -0.39 is 25.9 Å². The summed E-state index contributed by atoms with van der Waals surface area (Å²) in [6.45, 7) is 0.246. The van der Waals surface area contributed by atoms with E-state index in [4.69, 9.17) is 0 Å². The van der Waals surface area contributed by atoms with Crippen LogP contribution in [-0.4, -0.2) is 23.4 Å². The van der Waals surface area contributed by atoms with Gasteiger partial charge in [-0.15, -0.1) is 0 Å². The zero-order valence-corrected chi connectivity index (χ0v) is 19.3. The number of anilines is 2. The Morgan fingerprint density at radius 3 is 2.19 bits per heavy atom. The molecule has 1 aliphatic rings.